The molecule has 102 valence electrons. The smallest absolute Gasteiger partial charge is 0.0587 e. The maximum absolute atomic E-state index is 4.98. The number of rotatable bonds is 10. The molecule has 0 unspecified atom stereocenters. The largest absolute Gasteiger partial charge is 0.383 e. The normalized spacial score (nSPS) is 17.5. The summed E-state index contributed by atoms with van der Waals surface area (Å²) in [6.45, 7) is 5.24. The second-order valence-electron chi connectivity index (χ2n) is 5.14. The van der Waals surface area contributed by atoms with E-state index in [1.807, 2.05) is 0 Å². The molecule has 0 atom stereocenters. The van der Waals surface area contributed by atoms with Crippen molar-refractivity contribution < 1.29 is 4.74 Å². The van der Waals surface area contributed by atoms with Crippen LogP contribution in [0.4, 0.5) is 0 Å². The van der Waals surface area contributed by atoms with Gasteiger partial charge in [0, 0.05) is 13.7 Å². The van der Waals surface area contributed by atoms with E-state index >= 15 is 0 Å². The van der Waals surface area contributed by atoms with Gasteiger partial charge in [-0.2, -0.15) is 0 Å². The Balaban J connectivity index is 1.75. The van der Waals surface area contributed by atoms with Gasteiger partial charge in [0.25, 0.3) is 0 Å². The van der Waals surface area contributed by atoms with Crippen molar-refractivity contribution in [1.82, 2.24) is 10.6 Å². The minimum absolute atomic E-state index is 0.815. The molecule has 3 nitrogen and oxygen atoms in total. The molecule has 1 aliphatic carbocycles. The molecule has 1 rings (SSSR count). The first kappa shape index (κ1) is 14.9. The Morgan fingerprint density at radius 2 is 1.65 bits per heavy atom. The number of hydrogen-bond donors (Lipinski definition) is 2. The van der Waals surface area contributed by atoms with Crippen LogP contribution in [0, 0.1) is 5.92 Å². The molecule has 0 saturated heterocycles. The fraction of sp³-hybridized carbons (Fsp3) is 1.00. The van der Waals surface area contributed by atoms with Crippen LogP contribution in [-0.2, 0) is 4.74 Å². The molecular formula is C14H30N2O. The van der Waals surface area contributed by atoms with Gasteiger partial charge in [-0.25, -0.2) is 0 Å². The van der Waals surface area contributed by atoms with Crippen LogP contribution in [0.15, 0.2) is 0 Å². The van der Waals surface area contributed by atoms with Crippen molar-refractivity contribution >= 4 is 0 Å². The van der Waals surface area contributed by atoms with Crippen LogP contribution < -0.4 is 10.6 Å². The molecule has 1 saturated carbocycles. The Bertz CT molecular complexity index is 158. The number of ether oxygens (including phenoxy) is 1. The minimum Gasteiger partial charge on any atom is -0.383 e. The lowest BCUT2D eigenvalue weighted by Crippen LogP contribution is -2.25. The molecule has 0 radical (unpaired) electrons. The first-order chi connectivity index (χ1) is 8.43. The van der Waals surface area contributed by atoms with Crippen LogP contribution in [0.3, 0.4) is 0 Å². The maximum Gasteiger partial charge on any atom is 0.0587 e. The van der Waals surface area contributed by atoms with E-state index in [1.54, 1.807) is 7.11 Å². The Kier molecular flexibility index (Phi) is 9.66. The van der Waals surface area contributed by atoms with Crippen molar-refractivity contribution in [2.45, 2.75) is 44.9 Å². The Morgan fingerprint density at radius 1 is 0.941 bits per heavy atom. The predicted molar refractivity (Wildman–Crippen MR) is 73.4 cm³/mol. The zero-order valence-electron chi connectivity index (χ0n) is 11.5. The summed E-state index contributed by atoms with van der Waals surface area (Å²) >= 11 is 0. The molecule has 0 aliphatic heterocycles. The van der Waals surface area contributed by atoms with Gasteiger partial charge in [0.2, 0.25) is 0 Å². The number of hydrogen-bond acceptors (Lipinski definition) is 3. The fourth-order valence-corrected chi connectivity index (χ4v) is 2.54. The first-order valence-corrected chi connectivity index (χ1v) is 7.34. The topological polar surface area (TPSA) is 33.3 Å². The van der Waals surface area contributed by atoms with Crippen LogP contribution in [0.5, 0.6) is 0 Å². The highest BCUT2D eigenvalue weighted by atomic mass is 16.5. The molecule has 2 N–H and O–H groups in total. The quantitative estimate of drug-likeness (QED) is 0.576. The average molecular weight is 242 g/mol. The third kappa shape index (κ3) is 8.58. The SMILES string of the molecule is COCCNCCCNCCC1CCCCC1. The number of methoxy groups -OCH3 is 1. The zero-order chi connectivity index (χ0) is 12.2. The molecule has 3 heteroatoms. The second kappa shape index (κ2) is 11.0. The second-order valence-corrected chi connectivity index (χ2v) is 5.14. The monoisotopic (exact) mass is 242 g/mol. The van der Waals surface area contributed by atoms with Gasteiger partial charge in [0.1, 0.15) is 0 Å². The predicted octanol–water partition coefficient (Wildman–Crippen LogP) is 2.17. The van der Waals surface area contributed by atoms with E-state index in [9.17, 15) is 0 Å². The van der Waals surface area contributed by atoms with Gasteiger partial charge < -0.3 is 15.4 Å². The maximum atomic E-state index is 4.98. The summed E-state index contributed by atoms with van der Waals surface area (Å²) in [5.74, 6) is 1.01. The highest BCUT2D eigenvalue weighted by Crippen LogP contribution is 2.25. The van der Waals surface area contributed by atoms with E-state index in [-0.39, 0.29) is 0 Å². The molecule has 0 aromatic heterocycles. The minimum atomic E-state index is 0.815. The molecule has 0 spiro atoms. The molecule has 0 amide bonds. The van der Waals surface area contributed by atoms with Crippen LogP contribution in [-0.4, -0.2) is 39.9 Å². The molecule has 1 aliphatic rings. The summed E-state index contributed by atoms with van der Waals surface area (Å²) in [7, 11) is 1.74. The third-order valence-electron chi connectivity index (χ3n) is 3.64. The van der Waals surface area contributed by atoms with Gasteiger partial charge in [-0.05, 0) is 38.4 Å². The lowest BCUT2D eigenvalue weighted by atomic mass is 9.87. The van der Waals surface area contributed by atoms with Gasteiger partial charge in [0.15, 0.2) is 0 Å². The Hall–Kier alpha value is -0.120. The zero-order valence-corrected chi connectivity index (χ0v) is 11.5. The van der Waals surface area contributed by atoms with Crippen LogP contribution in [0.25, 0.3) is 0 Å². The van der Waals surface area contributed by atoms with Gasteiger partial charge in [0.05, 0.1) is 6.61 Å². The van der Waals surface area contributed by atoms with Crippen molar-refractivity contribution in [3.63, 3.8) is 0 Å². The van der Waals surface area contributed by atoms with Crippen molar-refractivity contribution in [1.29, 1.82) is 0 Å². The fourth-order valence-electron chi connectivity index (χ4n) is 2.54. The average Bonchev–Trinajstić information content (AvgIpc) is 2.38. The van der Waals surface area contributed by atoms with Crippen molar-refractivity contribution in [2.24, 2.45) is 5.92 Å². The highest BCUT2D eigenvalue weighted by Gasteiger charge is 2.12. The summed E-state index contributed by atoms with van der Waals surface area (Å²) in [5.41, 5.74) is 0. The standard InChI is InChI=1S/C14H30N2O/c1-17-13-12-16-10-5-9-15-11-8-14-6-3-2-4-7-14/h14-16H,2-13H2,1H3. The molecule has 1 fully saturated rings. The summed E-state index contributed by atoms with van der Waals surface area (Å²) in [6, 6.07) is 0. The van der Waals surface area contributed by atoms with Crippen molar-refractivity contribution in [2.75, 3.05) is 39.9 Å². The van der Waals surface area contributed by atoms with E-state index in [0.717, 1.165) is 32.2 Å². The lowest BCUT2D eigenvalue weighted by molar-refractivity contribution is 0.199. The summed E-state index contributed by atoms with van der Waals surface area (Å²) < 4.78 is 4.98. The molecule has 17 heavy (non-hydrogen) atoms. The van der Waals surface area contributed by atoms with E-state index < -0.39 is 0 Å². The summed E-state index contributed by atoms with van der Waals surface area (Å²) in [4.78, 5) is 0. The van der Waals surface area contributed by atoms with Crippen molar-refractivity contribution in [3.05, 3.63) is 0 Å². The van der Waals surface area contributed by atoms with Crippen LogP contribution in [0.2, 0.25) is 0 Å². The number of nitrogens with one attached hydrogen (secondary N) is 2. The van der Waals surface area contributed by atoms with Gasteiger partial charge in [-0.1, -0.05) is 32.1 Å². The molecule has 0 aromatic rings. The van der Waals surface area contributed by atoms with Gasteiger partial charge >= 0.3 is 0 Å². The van der Waals surface area contributed by atoms with E-state index in [0.29, 0.717) is 0 Å². The molecule has 0 heterocycles. The molecule has 0 aromatic carbocycles. The third-order valence-corrected chi connectivity index (χ3v) is 3.64. The van der Waals surface area contributed by atoms with E-state index in [2.05, 4.69) is 10.6 Å². The van der Waals surface area contributed by atoms with E-state index in [1.165, 1.54) is 51.5 Å². The molecule has 0 bridgehead atoms. The Labute approximate surface area is 107 Å². The molecular weight excluding hydrogens is 212 g/mol. The van der Waals surface area contributed by atoms with Crippen molar-refractivity contribution in [3.8, 4) is 0 Å². The first-order valence-electron chi connectivity index (χ1n) is 7.34. The van der Waals surface area contributed by atoms with Crippen LogP contribution >= 0.6 is 0 Å². The van der Waals surface area contributed by atoms with E-state index in [4.69, 9.17) is 4.74 Å². The summed E-state index contributed by atoms with van der Waals surface area (Å²) in [5, 5.41) is 6.91. The van der Waals surface area contributed by atoms with Gasteiger partial charge in [-0.3, -0.25) is 0 Å². The lowest BCUT2D eigenvalue weighted by Gasteiger charge is -2.21. The Morgan fingerprint density at radius 3 is 2.35 bits per heavy atom. The summed E-state index contributed by atoms with van der Waals surface area (Å²) in [6.07, 6.45) is 9.95. The van der Waals surface area contributed by atoms with Crippen LogP contribution in [0.1, 0.15) is 44.9 Å². The van der Waals surface area contributed by atoms with Gasteiger partial charge in [-0.15, -0.1) is 0 Å². The highest BCUT2D eigenvalue weighted by molar-refractivity contribution is 4.66.